The van der Waals surface area contributed by atoms with Crippen LogP contribution in [0.15, 0.2) is 0 Å². The highest BCUT2D eigenvalue weighted by Crippen LogP contribution is 2.39. The van der Waals surface area contributed by atoms with Crippen molar-refractivity contribution >= 4 is 29.8 Å². The van der Waals surface area contributed by atoms with E-state index in [1.807, 2.05) is 69.2 Å². The summed E-state index contributed by atoms with van der Waals surface area (Å²) in [7, 11) is 7.14. The van der Waals surface area contributed by atoms with Gasteiger partial charge in [-0.3, -0.25) is 24.0 Å². The first-order chi connectivity index (χ1) is 39.7. The van der Waals surface area contributed by atoms with Crippen LogP contribution in [0.5, 0.6) is 0 Å². The maximum atomic E-state index is 13.4. The van der Waals surface area contributed by atoms with E-state index < -0.39 is 45.5 Å². The molecule has 0 aromatic carbocycles. The van der Waals surface area contributed by atoms with Crippen LogP contribution in [-0.4, -0.2) is 171 Å². The van der Waals surface area contributed by atoms with Crippen molar-refractivity contribution in [2.75, 3.05) is 141 Å². The van der Waals surface area contributed by atoms with Crippen molar-refractivity contribution in [2.24, 2.45) is 51.2 Å². The van der Waals surface area contributed by atoms with Crippen molar-refractivity contribution in [3.63, 3.8) is 0 Å². The molecule has 0 heterocycles. The van der Waals surface area contributed by atoms with Gasteiger partial charge in [0, 0.05) is 37.5 Å². The van der Waals surface area contributed by atoms with Crippen molar-refractivity contribution in [2.45, 2.75) is 166 Å². The molecule has 0 aliphatic rings. The van der Waals surface area contributed by atoms with E-state index in [1.54, 1.807) is 0 Å². The topological polar surface area (TPSA) is 251 Å². The third-order valence-corrected chi connectivity index (χ3v) is 13.7. The van der Waals surface area contributed by atoms with Gasteiger partial charge < -0.3 is 37.9 Å². The predicted molar refractivity (Wildman–Crippen MR) is 305 cm³/mol. The lowest BCUT2D eigenvalue weighted by Crippen LogP contribution is -2.46. The smallest absolute Gasteiger partial charge is 0.305 e. The average molecular weight is 1200 g/mol. The molecule has 0 amide bonds. The molecule has 0 bridgehead atoms. The first-order valence-corrected chi connectivity index (χ1v) is 30.0. The monoisotopic (exact) mass is 1200 g/mol. The Morgan fingerprint density at radius 2 is 0.446 bits per heavy atom. The highest BCUT2D eigenvalue weighted by Gasteiger charge is 2.43. The third kappa shape index (κ3) is 37.9. The molecule has 0 aliphatic heterocycles. The van der Waals surface area contributed by atoms with E-state index in [2.05, 4.69) is 0 Å². The van der Waals surface area contributed by atoms with Crippen LogP contribution in [0.2, 0.25) is 0 Å². The average Bonchev–Trinajstić information content (AvgIpc) is 3.65. The Morgan fingerprint density at radius 1 is 0.277 bits per heavy atom. The van der Waals surface area contributed by atoms with Crippen LogP contribution < -0.4 is 0 Å². The SMILES string of the molecule is CCCC(=O)OCC(COCC(COCC(COC(=O)CCC)(CC(C)COOC)CC(C)COOC)(COC(=O)CCC)CC(C)COOC)(COCC(COC(=O)CCC)(COC(=O)CCC)CC(C)COOC)CC(C)COOC. The molecule has 490 valence electrons. The van der Waals surface area contributed by atoms with Gasteiger partial charge in [0.2, 0.25) is 0 Å². The Labute approximate surface area is 497 Å². The summed E-state index contributed by atoms with van der Waals surface area (Å²) in [5, 5.41) is 0. The summed E-state index contributed by atoms with van der Waals surface area (Å²) in [6, 6.07) is 0. The molecule has 0 N–H and O–H groups in total. The van der Waals surface area contributed by atoms with Crippen LogP contribution in [0.3, 0.4) is 0 Å². The van der Waals surface area contributed by atoms with Crippen LogP contribution in [0, 0.1) is 51.2 Å². The number of rotatable bonds is 57. The Hall–Kier alpha value is -3.17. The summed E-state index contributed by atoms with van der Waals surface area (Å²) in [6.45, 7) is 19.7. The molecule has 0 aromatic rings. The zero-order valence-electron chi connectivity index (χ0n) is 53.7. The predicted octanol–water partition coefficient (Wildman–Crippen LogP) is 9.72. The van der Waals surface area contributed by atoms with E-state index in [9.17, 15) is 24.0 Å². The minimum Gasteiger partial charge on any atom is -0.465 e. The van der Waals surface area contributed by atoms with Gasteiger partial charge in [-0.05, 0) is 93.8 Å². The quantitative estimate of drug-likeness (QED) is 0.0238. The maximum absolute atomic E-state index is 13.4. The van der Waals surface area contributed by atoms with E-state index in [0.29, 0.717) is 64.2 Å². The second kappa shape index (κ2) is 47.9. The number of hydrogen-bond donors (Lipinski definition) is 0. The minimum absolute atomic E-state index is 0.00561. The van der Waals surface area contributed by atoms with E-state index in [-0.39, 0.29) is 173 Å². The van der Waals surface area contributed by atoms with Crippen LogP contribution in [0.25, 0.3) is 0 Å². The molecule has 83 heavy (non-hydrogen) atoms. The summed E-state index contributed by atoms with van der Waals surface area (Å²) in [4.78, 5) is 118. The van der Waals surface area contributed by atoms with Crippen LogP contribution in [0.1, 0.15) is 166 Å². The second-order valence-electron chi connectivity index (χ2n) is 23.3. The van der Waals surface area contributed by atoms with Crippen LogP contribution in [0.4, 0.5) is 0 Å². The Morgan fingerprint density at radius 3 is 0.639 bits per heavy atom. The molecule has 0 spiro atoms. The lowest BCUT2D eigenvalue weighted by Gasteiger charge is -2.41. The normalized spacial score (nSPS) is 15.9. The fourth-order valence-corrected chi connectivity index (χ4v) is 10.2. The van der Waals surface area contributed by atoms with Gasteiger partial charge in [0.25, 0.3) is 0 Å². The fourth-order valence-electron chi connectivity index (χ4n) is 10.2. The zero-order chi connectivity index (χ0) is 62.4. The molecule has 23 nitrogen and oxygen atoms in total. The molecule has 0 fully saturated rings. The molecule has 0 saturated carbocycles. The highest BCUT2D eigenvalue weighted by atomic mass is 17.2. The zero-order valence-corrected chi connectivity index (χ0v) is 53.7. The molecular formula is C60H112O23. The first-order valence-electron chi connectivity index (χ1n) is 30.0. The number of carbonyl (C=O) groups is 5. The Kier molecular flexibility index (Phi) is 46.1. The number of esters is 5. The highest BCUT2D eigenvalue weighted by molar-refractivity contribution is 5.70. The van der Waals surface area contributed by atoms with Gasteiger partial charge in [0.15, 0.2) is 0 Å². The Balaban J connectivity index is 8.09. The summed E-state index contributed by atoms with van der Waals surface area (Å²) in [5.74, 6) is -2.78. The van der Waals surface area contributed by atoms with Gasteiger partial charge in [-0.15, -0.1) is 0 Å². The van der Waals surface area contributed by atoms with Crippen LogP contribution >= 0.6 is 0 Å². The van der Waals surface area contributed by atoms with Crippen LogP contribution in [-0.2, 0) is 111 Å². The summed E-state index contributed by atoms with van der Waals surface area (Å²) in [5.41, 5.74) is -4.00. The molecule has 0 aromatic heterocycles. The van der Waals surface area contributed by atoms with Gasteiger partial charge in [0.1, 0.15) is 26.4 Å². The van der Waals surface area contributed by atoms with Gasteiger partial charge in [-0.2, -0.15) is 0 Å². The fraction of sp³-hybridized carbons (Fsp3) is 0.917. The van der Waals surface area contributed by atoms with Gasteiger partial charge in [0.05, 0.1) is 131 Å². The van der Waals surface area contributed by atoms with E-state index >= 15 is 0 Å². The molecule has 0 saturated heterocycles. The lowest BCUT2D eigenvalue weighted by atomic mass is 9.74. The van der Waals surface area contributed by atoms with Gasteiger partial charge in [-0.1, -0.05) is 69.2 Å². The molecule has 0 radical (unpaired) electrons. The summed E-state index contributed by atoms with van der Waals surface area (Å²) in [6.07, 6.45) is 5.77. The van der Waals surface area contributed by atoms with Crippen molar-refractivity contribution in [1.29, 1.82) is 0 Å². The Bertz CT molecular complexity index is 1630. The van der Waals surface area contributed by atoms with Crippen molar-refractivity contribution in [3.05, 3.63) is 0 Å². The number of hydrogen-bond acceptors (Lipinski definition) is 23. The number of carbonyl (C=O) groups excluding carboxylic acids is 5. The second-order valence-corrected chi connectivity index (χ2v) is 23.3. The maximum Gasteiger partial charge on any atom is 0.305 e. The first kappa shape index (κ1) is 79.8. The molecule has 0 rings (SSSR count). The molecule has 23 heteroatoms. The molecular weight excluding hydrogens is 1090 g/mol. The summed E-state index contributed by atoms with van der Waals surface area (Å²) >= 11 is 0. The van der Waals surface area contributed by atoms with E-state index in [1.165, 1.54) is 35.5 Å². The van der Waals surface area contributed by atoms with E-state index in [0.717, 1.165) is 0 Å². The van der Waals surface area contributed by atoms with Crippen molar-refractivity contribution in [1.82, 2.24) is 0 Å². The van der Waals surface area contributed by atoms with Gasteiger partial charge in [-0.25, -0.2) is 48.9 Å². The van der Waals surface area contributed by atoms with Crippen molar-refractivity contribution in [3.8, 4) is 0 Å². The largest absolute Gasteiger partial charge is 0.465 e. The number of ether oxygens (including phenoxy) is 8. The minimum atomic E-state index is -1.09. The van der Waals surface area contributed by atoms with E-state index in [4.69, 9.17) is 86.8 Å². The molecule has 7 unspecified atom stereocenters. The molecule has 0 aliphatic carbocycles. The standard InChI is InChI=1S/C60H112O23/c1-16-21-52(61)74-42-57(26-47(6)31-79-66-11,27-48(7)32-80-67-12)36-71-37-58(28-49(8)33-81-68-13,43-75-53(62)22-17-2)38-72-39-59(29-50(9)34-82-69-14,44-76-54(63)23-18-3)40-73-41-60(30-51(10)35-83-70-15,45-77-55(64)24-19-4)46-78-56(65)25-20-5/h47-51H,16-46H2,1-15H3. The lowest BCUT2D eigenvalue weighted by molar-refractivity contribution is -0.283. The summed E-state index contributed by atoms with van der Waals surface area (Å²) < 4.78 is 50.8. The molecule has 7 atom stereocenters. The van der Waals surface area contributed by atoms with Gasteiger partial charge >= 0.3 is 29.8 Å². The van der Waals surface area contributed by atoms with Crippen molar-refractivity contribution < 1.29 is 111 Å². The third-order valence-electron chi connectivity index (χ3n) is 13.7.